The van der Waals surface area contributed by atoms with Gasteiger partial charge >= 0.3 is 0 Å². The van der Waals surface area contributed by atoms with Crippen molar-refractivity contribution in [3.05, 3.63) is 0 Å². The molecule has 0 aliphatic heterocycles. The second-order valence-corrected chi connectivity index (χ2v) is 3.85. The number of ether oxygens (including phenoxy) is 1. The molecule has 14 heavy (non-hydrogen) atoms. The molecule has 1 atom stereocenters. The highest BCUT2D eigenvalue weighted by Gasteiger charge is 2.06. The first kappa shape index (κ1) is 13.9. The van der Waals surface area contributed by atoms with Crippen molar-refractivity contribution in [3.8, 4) is 0 Å². The highest BCUT2D eigenvalue weighted by Crippen LogP contribution is 2.12. The molecule has 1 unspecified atom stereocenters. The van der Waals surface area contributed by atoms with Gasteiger partial charge in [0.05, 0.1) is 19.3 Å². The normalized spacial score (nSPS) is 13.1. The molecule has 0 fully saturated rings. The molecule has 0 spiro atoms. The van der Waals surface area contributed by atoms with E-state index in [-0.39, 0.29) is 6.61 Å². The third-order valence-electron chi connectivity index (χ3n) is 2.44. The summed E-state index contributed by atoms with van der Waals surface area (Å²) in [6, 6.07) is 0. The second-order valence-electron chi connectivity index (χ2n) is 3.85. The van der Waals surface area contributed by atoms with Crippen molar-refractivity contribution in [3.63, 3.8) is 0 Å². The Morgan fingerprint density at radius 3 is 2.36 bits per heavy atom. The van der Waals surface area contributed by atoms with Crippen LogP contribution in [0.15, 0.2) is 0 Å². The zero-order valence-corrected chi connectivity index (χ0v) is 9.80. The van der Waals surface area contributed by atoms with E-state index < -0.39 is 0 Å². The molecule has 0 aliphatic carbocycles. The Hall–Kier alpha value is -0.0800. The zero-order chi connectivity index (χ0) is 10.6. The van der Waals surface area contributed by atoms with E-state index in [4.69, 9.17) is 9.84 Å². The predicted octanol–water partition coefficient (Wildman–Crippen LogP) is 3.13. The lowest BCUT2D eigenvalue weighted by Gasteiger charge is -2.16. The minimum Gasteiger partial charge on any atom is -0.394 e. The molecule has 0 saturated heterocycles. The van der Waals surface area contributed by atoms with Gasteiger partial charge in [0.2, 0.25) is 0 Å². The van der Waals surface area contributed by atoms with E-state index in [2.05, 4.69) is 13.8 Å². The van der Waals surface area contributed by atoms with Crippen molar-refractivity contribution in [2.24, 2.45) is 0 Å². The number of aliphatic hydroxyl groups is 1. The number of rotatable bonds is 10. The predicted molar refractivity (Wildman–Crippen MR) is 60.5 cm³/mol. The van der Waals surface area contributed by atoms with E-state index in [0.29, 0.717) is 12.7 Å². The van der Waals surface area contributed by atoms with Crippen molar-refractivity contribution >= 4 is 0 Å². The van der Waals surface area contributed by atoms with Crippen LogP contribution in [0.25, 0.3) is 0 Å². The highest BCUT2D eigenvalue weighted by atomic mass is 16.5. The van der Waals surface area contributed by atoms with Gasteiger partial charge < -0.3 is 9.84 Å². The van der Waals surface area contributed by atoms with Crippen molar-refractivity contribution < 1.29 is 9.84 Å². The van der Waals surface area contributed by atoms with E-state index in [1.807, 2.05) is 0 Å². The molecule has 1 N–H and O–H groups in total. The molecule has 0 aliphatic rings. The molecule has 2 heteroatoms. The highest BCUT2D eigenvalue weighted by molar-refractivity contribution is 4.58. The Kier molecular flexibility index (Phi) is 10.9. The molecular weight excluding hydrogens is 176 g/mol. The summed E-state index contributed by atoms with van der Waals surface area (Å²) in [6.45, 7) is 5.06. The quantitative estimate of drug-likeness (QED) is 0.551. The summed E-state index contributed by atoms with van der Waals surface area (Å²) in [6.07, 6.45) is 9.05. The van der Waals surface area contributed by atoms with Crippen LogP contribution in [0.3, 0.4) is 0 Å². The van der Waals surface area contributed by atoms with Crippen molar-refractivity contribution in [1.82, 2.24) is 0 Å². The largest absolute Gasteiger partial charge is 0.394 e. The molecule has 0 aromatic carbocycles. The van der Waals surface area contributed by atoms with Crippen LogP contribution in [0.4, 0.5) is 0 Å². The van der Waals surface area contributed by atoms with E-state index in [1.54, 1.807) is 0 Å². The van der Waals surface area contributed by atoms with Gasteiger partial charge in [0.15, 0.2) is 0 Å². The Balaban J connectivity index is 3.40. The molecule has 0 aromatic heterocycles. The van der Waals surface area contributed by atoms with Crippen LogP contribution in [0, 0.1) is 0 Å². The van der Waals surface area contributed by atoms with E-state index in [1.165, 1.54) is 32.1 Å². The van der Waals surface area contributed by atoms with Gasteiger partial charge in [-0.25, -0.2) is 0 Å². The molecule has 0 saturated carbocycles. The van der Waals surface area contributed by atoms with Gasteiger partial charge in [-0.05, 0) is 12.8 Å². The zero-order valence-electron chi connectivity index (χ0n) is 9.80. The minimum atomic E-state index is 0.148. The maximum Gasteiger partial charge on any atom is 0.0701 e. The third-order valence-corrected chi connectivity index (χ3v) is 2.44. The Morgan fingerprint density at radius 1 is 1.00 bits per heavy atom. The lowest BCUT2D eigenvalue weighted by molar-refractivity contribution is 0.0177. The molecule has 0 rings (SSSR count). The molecule has 0 heterocycles. The number of aliphatic hydroxyl groups excluding tert-OH is 1. The average molecular weight is 202 g/mol. The number of hydrogen-bond acceptors (Lipinski definition) is 2. The van der Waals surface area contributed by atoms with Crippen molar-refractivity contribution in [2.75, 3.05) is 13.2 Å². The van der Waals surface area contributed by atoms with Crippen LogP contribution >= 0.6 is 0 Å². The van der Waals surface area contributed by atoms with Gasteiger partial charge in [0, 0.05) is 0 Å². The molecule has 2 nitrogen and oxygen atoms in total. The van der Waals surface area contributed by atoms with Gasteiger partial charge in [-0.1, -0.05) is 46.0 Å². The fourth-order valence-electron chi connectivity index (χ4n) is 1.65. The first-order chi connectivity index (χ1) is 6.85. The maximum absolute atomic E-state index is 8.67. The smallest absolute Gasteiger partial charge is 0.0701 e. The van der Waals surface area contributed by atoms with E-state index >= 15 is 0 Å². The van der Waals surface area contributed by atoms with Crippen LogP contribution in [0.5, 0.6) is 0 Å². The maximum atomic E-state index is 8.67. The summed E-state index contributed by atoms with van der Waals surface area (Å²) in [7, 11) is 0. The summed E-state index contributed by atoms with van der Waals surface area (Å²) in [5.74, 6) is 0. The lowest BCUT2D eigenvalue weighted by Crippen LogP contribution is -2.15. The summed E-state index contributed by atoms with van der Waals surface area (Å²) in [5.41, 5.74) is 0. The first-order valence-corrected chi connectivity index (χ1v) is 6.07. The summed E-state index contributed by atoms with van der Waals surface area (Å²) in [5, 5.41) is 8.67. The van der Waals surface area contributed by atoms with Gasteiger partial charge in [-0.3, -0.25) is 0 Å². The fourth-order valence-corrected chi connectivity index (χ4v) is 1.65. The van der Waals surface area contributed by atoms with Gasteiger partial charge in [-0.15, -0.1) is 0 Å². The Morgan fingerprint density at radius 2 is 1.79 bits per heavy atom. The van der Waals surface area contributed by atoms with Crippen LogP contribution in [0.1, 0.15) is 58.8 Å². The van der Waals surface area contributed by atoms with E-state index in [9.17, 15) is 0 Å². The average Bonchev–Trinajstić information content (AvgIpc) is 2.20. The Bertz CT molecular complexity index is 104. The fraction of sp³-hybridized carbons (Fsp3) is 1.00. The van der Waals surface area contributed by atoms with Crippen LogP contribution in [0.2, 0.25) is 0 Å². The van der Waals surface area contributed by atoms with Gasteiger partial charge in [0.25, 0.3) is 0 Å². The summed E-state index contributed by atoms with van der Waals surface area (Å²) in [4.78, 5) is 0. The molecule has 0 radical (unpaired) electrons. The minimum absolute atomic E-state index is 0.148. The van der Waals surface area contributed by atoms with Gasteiger partial charge in [-0.2, -0.15) is 0 Å². The first-order valence-electron chi connectivity index (χ1n) is 6.07. The molecule has 86 valence electrons. The van der Waals surface area contributed by atoms with Crippen molar-refractivity contribution in [2.45, 2.75) is 64.9 Å². The Labute approximate surface area is 88.7 Å². The number of unbranched alkanes of at least 4 members (excludes halogenated alkanes) is 3. The molecule has 0 amide bonds. The molecule has 0 bridgehead atoms. The monoisotopic (exact) mass is 202 g/mol. The third kappa shape index (κ3) is 8.52. The SMILES string of the molecule is CCCCCCC(CCC)OCCO. The standard InChI is InChI=1S/C12H26O2/c1-3-5-6-7-9-12(8-4-2)14-11-10-13/h12-13H,3-11H2,1-2H3. The van der Waals surface area contributed by atoms with E-state index in [0.717, 1.165) is 12.8 Å². The second kappa shape index (κ2) is 11.0. The topological polar surface area (TPSA) is 29.5 Å². The van der Waals surface area contributed by atoms with Crippen LogP contribution in [-0.4, -0.2) is 24.4 Å². The molecular formula is C12H26O2. The summed E-state index contributed by atoms with van der Waals surface area (Å²) < 4.78 is 5.56. The van der Waals surface area contributed by atoms with Crippen molar-refractivity contribution in [1.29, 1.82) is 0 Å². The molecule has 0 aromatic rings. The van der Waals surface area contributed by atoms with Crippen LogP contribution in [-0.2, 0) is 4.74 Å². The number of hydrogen-bond donors (Lipinski definition) is 1. The summed E-state index contributed by atoms with van der Waals surface area (Å²) >= 11 is 0. The van der Waals surface area contributed by atoms with Crippen LogP contribution < -0.4 is 0 Å². The van der Waals surface area contributed by atoms with Gasteiger partial charge in [0.1, 0.15) is 0 Å². The lowest BCUT2D eigenvalue weighted by atomic mass is 10.1.